The van der Waals surface area contributed by atoms with E-state index in [0.29, 0.717) is 10.4 Å². The summed E-state index contributed by atoms with van der Waals surface area (Å²) in [5, 5.41) is 19.6. The fourth-order valence-electron chi connectivity index (χ4n) is 2.75. The second-order valence-corrected chi connectivity index (χ2v) is 7.13. The smallest absolute Gasteiger partial charge is 0.203 e. The van der Waals surface area contributed by atoms with E-state index in [2.05, 4.69) is 0 Å². The van der Waals surface area contributed by atoms with E-state index >= 15 is 0 Å². The third-order valence-corrected chi connectivity index (χ3v) is 5.33. The molecule has 0 aliphatic carbocycles. The second-order valence-electron chi connectivity index (χ2n) is 6.05. The monoisotopic (exact) mass is 356 g/mol. The number of ketones is 1. The largest absolute Gasteiger partial charge is 0.508 e. The van der Waals surface area contributed by atoms with E-state index in [-0.39, 0.29) is 22.8 Å². The van der Waals surface area contributed by atoms with E-state index in [1.54, 1.807) is 13.0 Å². The molecule has 1 aromatic heterocycles. The van der Waals surface area contributed by atoms with Gasteiger partial charge in [-0.1, -0.05) is 0 Å². The van der Waals surface area contributed by atoms with Crippen LogP contribution in [0.1, 0.15) is 31.9 Å². The molecule has 5 heteroatoms. The number of benzene rings is 2. The number of aromatic hydroxyl groups is 2. The van der Waals surface area contributed by atoms with Crippen molar-refractivity contribution < 1.29 is 19.4 Å². The van der Waals surface area contributed by atoms with Gasteiger partial charge in [0, 0.05) is 22.1 Å². The minimum absolute atomic E-state index is 0.156. The Morgan fingerprint density at radius 1 is 1.00 bits per heavy atom. The number of aryl methyl sites for hydroxylation is 2. The maximum atomic E-state index is 13.5. The first-order valence-electron chi connectivity index (χ1n) is 7.72. The minimum atomic E-state index is -0.645. The van der Waals surface area contributed by atoms with Gasteiger partial charge in [-0.05, 0) is 67.8 Å². The molecule has 0 saturated heterocycles. The molecule has 0 atom stereocenters. The zero-order valence-electron chi connectivity index (χ0n) is 14.1. The topological polar surface area (TPSA) is 57.5 Å². The summed E-state index contributed by atoms with van der Waals surface area (Å²) in [7, 11) is 0. The molecule has 1 heterocycles. The second kappa shape index (κ2) is 6.33. The summed E-state index contributed by atoms with van der Waals surface area (Å²) in [4.78, 5) is 14.0. The van der Waals surface area contributed by atoms with Crippen molar-refractivity contribution in [2.24, 2.45) is 0 Å². The highest BCUT2D eigenvalue weighted by molar-refractivity contribution is 7.17. The standard InChI is InChI=1S/C20H17FO3S/c1-10-6-13(7-11(2)19(10)23)17-4-5-18(25-17)20(24)15-8-14(21)9-16(22)12(15)3/h4-9,22-23H,1-3H3. The van der Waals surface area contributed by atoms with Crippen molar-refractivity contribution in [1.82, 2.24) is 0 Å². The van der Waals surface area contributed by atoms with Crippen LogP contribution in [0.25, 0.3) is 10.4 Å². The number of halogens is 1. The maximum absolute atomic E-state index is 13.5. The van der Waals surface area contributed by atoms with Gasteiger partial charge in [-0.15, -0.1) is 11.3 Å². The Morgan fingerprint density at radius 3 is 2.28 bits per heavy atom. The van der Waals surface area contributed by atoms with Crippen LogP contribution in [0.3, 0.4) is 0 Å². The number of thiophene rings is 1. The van der Waals surface area contributed by atoms with Gasteiger partial charge in [0.05, 0.1) is 4.88 Å². The van der Waals surface area contributed by atoms with E-state index in [4.69, 9.17) is 0 Å². The fraction of sp³-hybridized carbons (Fsp3) is 0.150. The Morgan fingerprint density at radius 2 is 1.64 bits per heavy atom. The first-order valence-corrected chi connectivity index (χ1v) is 8.54. The molecule has 3 aromatic rings. The first kappa shape index (κ1) is 17.2. The van der Waals surface area contributed by atoms with E-state index in [1.807, 2.05) is 32.0 Å². The third-order valence-electron chi connectivity index (χ3n) is 4.20. The number of hydrogen-bond acceptors (Lipinski definition) is 4. The van der Waals surface area contributed by atoms with Gasteiger partial charge in [0.25, 0.3) is 0 Å². The van der Waals surface area contributed by atoms with Gasteiger partial charge >= 0.3 is 0 Å². The van der Waals surface area contributed by atoms with Crippen LogP contribution in [0, 0.1) is 26.6 Å². The van der Waals surface area contributed by atoms with Crippen LogP contribution in [-0.4, -0.2) is 16.0 Å². The van der Waals surface area contributed by atoms with Crippen molar-refractivity contribution in [3.63, 3.8) is 0 Å². The predicted molar refractivity (Wildman–Crippen MR) is 97.1 cm³/mol. The molecule has 0 fully saturated rings. The number of hydrogen-bond donors (Lipinski definition) is 2. The normalized spacial score (nSPS) is 10.9. The number of rotatable bonds is 3. The van der Waals surface area contributed by atoms with Gasteiger partial charge in [0.2, 0.25) is 5.78 Å². The summed E-state index contributed by atoms with van der Waals surface area (Å²) < 4.78 is 13.5. The summed E-state index contributed by atoms with van der Waals surface area (Å²) in [5.41, 5.74) is 2.96. The highest BCUT2D eigenvalue weighted by atomic mass is 32.1. The molecule has 0 radical (unpaired) electrons. The molecule has 3 nitrogen and oxygen atoms in total. The third kappa shape index (κ3) is 3.15. The molecule has 0 saturated carbocycles. The van der Waals surface area contributed by atoms with Crippen molar-refractivity contribution in [2.75, 3.05) is 0 Å². The van der Waals surface area contributed by atoms with Crippen LogP contribution in [0.5, 0.6) is 11.5 Å². The molecular formula is C20H17FO3S. The van der Waals surface area contributed by atoms with Gasteiger partial charge < -0.3 is 10.2 Å². The highest BCUT2D eigenvalue weighted by Gasteiger charge is 2.18. The molecule has 2 aromatic carbocycles. The number of carbonyl (C=O) groups is 1. The van der Waals surface area contributed by atoms with Crippen molar-refractivity contribution in [2.45, 2.75) is 20.8 Å². The Balaban J connectivity index is 2.01. The van der Waals surface area contributed by atoms with E-state index in [9.17, 15) is 19.4 Å². The number of phenols is 2. The fourth-order valence-corrected chi connectivity index (χ4v) is 3.69. The molecule has 0 spiro atoms. The number of carbonyl (C=O) groups excluding carboxylic acids is 1. The molecule has 0 amide bonds. The van der Waals surface area contributed by atoms with E-state index in [1.165, 1.54) is 11.3 Å². The highest BCUT2D eigenvalue weighted by Crippen LogP contribution is 2.34. The molecule has 0 bridgehead atoms. The molecule has 128 valence electrons. The predicted octanol–water partition coefficient (Wildman–Crippen LogP) is 5.12. The molecule has 0 aliphatic heterocycles. The summed E-state index contributed by atoms with van der Waals surface area (Å²) in [6.45, 7) is 5.23. The van der Waals surface area contributed by atoms with E-state index in [0.717, 1.165) is 33.7 Å². The Kier molecular flexibility index (Phi) is 4.35. The van der Waals surface area contributed by atoms with Crippen molar-refractivity contribution in [3.8, 4) is 21.9 Å². The lowest BCUT2D eigenvalue weighted by molar-refractivity contribution is 0.104. The minimum Gasteiger partial charge on any atom is -0.508 e. The van der Waals surface area contributed by atoms with Crippen LogP contribution >= 0.6 is 11.3 Å². The maximum Gasteiger partial charge on any atom is 0.203 e. The van der Waals surface area contributed by atoms with Crippen LogP contribution in [0.4, 0.5) is 4.39 Å². The molecule has 25 heavy (non-hydrogen) atoms. The Labute approximate surface area is 149 Å². The summed E-state index contributed by atoms with van der Waals surface area (Å²) in [6, 6.07) is 9.39. The van der Waals surface area contributed by atoms with Crippen LogP contribution in [0.2, 0.25) is 0 Å². The lowest BCUT2D eigenvalue weighted by atomic mass is 10.0. The van der Waals surface area contributed by atoms with Gasteiger partial charge in [-0.3, -0.25) is 4.79 Å². The van der Waals surface area contributed by atoms with Crippen molar-refractivity contribution in [3.05, 3.63) is 69.3 Å². The van der Waals surface area contributed by atoms with Gasteiger partial charge in [-0.25, -0.2) is 4.39 Å². The average Bonchev–Trinajstić information content (AvgIpc) is 3.05. The summed E-state index contributed by atoms with van der Waals surface area (Å²) >= 11 is 1.30. The molecular weight excluding hydrogens is 339 g/mol. The molecule has 3 rings (SSSR count). The van der Waals surface area contributed by atoms with Gasteiger partial charge in [-0.2, -0.15) is 0 Å². The van der Waals surface area contributed by atoms with Crippen LogP contribution in [-0.2, 0) is 0 Å². The summed E-state index contributed by atoms with van der Waals surface area (Å²) in [6.07, 6.45) is 0. The van der Waals surface area contributed by atoms with Crippen molar-refractivity contribution in [1.29, 1.82) is 0 Å². The van der Waals surface area contributed by atoms with Crippen LogP contribution in [0.15, 0.2) is 36.4 Å². The van der Waals surface area contributed by atoms with Crippen molar-refractivity contribution >= 4 is 17.1 Å². The van der Waals surface area contributed by atoms with Gasteiger partial charge in [0.15, 0.2) is 0 Å². The lowest BCUT2D eigenvalue weighted by Gasteiger charge is -2.07. The summed E-state index contributed by atoms with van der Waals surface area (Å²) in [5.74, 6) is -0.934. The number of phenolic OH excluding ortho intramolecular Hbond substituents is 2. The van der Waals surface area contributed by atoms with Crippen LogP contribution < -0.4 is 0 Å². The van der Waals surface area contributed by atoms with E-state index < -0.39 is 5.82 Å². The SMILES string of the molecule is Cc1cc(-c2ccc(C(=O)c3cc(F)cc(O)c3C)s2)cc(C)c1O. The molecule has 0 aliphatic rings. The Hall–Kier alpha value is -2.66. The Bertz CT molecular complexity index is 966. The average molecular weight is 356 g/mol. The zero-order chi connectivity index (χ0) is 18.3. The molecule has 2 N–H and O–H groups in total. The quantitative estimate of drug-likeness (QED) is 0.640. The molecule has 0 unspecified atom stereocenters. The zero-order valence-corrected chi connectivity index (χ0v) is 14.9. The first-order chi connectivity index (χ1) is 11.8. The lowest BCUT2D eigenvalue weighted by Crippen LogP contribution is -2.02. The van der Waals surface area contributed by atoms with Gasteiger partial charge in [0.1, 0.15) is 17.3 Å².